The fraction of sp³-hybridized carbons (Fsp3) is 0.250. The monoisotopic (exact) mass is 297 g/mol. The highest BCUT2D eigenvalue weighted by atomic mass is 32.1. The summed E-state index contributed by atoms with van der Waals surface area (Å²) in [5, 5.41) is 0. The summed E-state index contributed by atoms with van der Waals surface area (Å²) in [6.45, 7) is 2.17. The molecule has 0 unspecified atom stereocenters. The number of benzene rings is 1. The van der Waals surface area contributed by atoms with Gasteiger partial charge in [-0.3, -0.25) is 9.20 Å². The molecule has 0 atom stereocenters. The molecule has 0 fully saturated rings. The maximum absolute atomic E-state index is 11.8. The molecule has 3 aromatic rings. The van der Waals surface area contributed by atoms with Gasteiger partial charge in [-0.25, -0.2) is 4.98 Å². The predicted octanol–water partition coefficient (Wildman–Crippen LogP) is 3.14. The molecule has 0 bridgehead atoms. The van der Waals surface area contributed by atoms with Crippen LogP contribution in [0, 0.1) is 0 Å². The minimum absolute atomic E-state index is 0.163. The van der Waals surface area contributed by atoms with Crippen molar-refractivity contribution in [2.45, 2.75) is 19.8 Å². The van der Waals surface area contributed by atoms with Gasteiger partial charge in [-0.2, -0.15) is 0 Å². The van der Waals surface area contributed by atoms with Crippen molar-refractivity contribution >= 4 is 27.9 Å². The van der Waals surface area contributed by atoms with Crippen LogP contribution in [0.1, 0.15) is 17.4 Å². The fourth-order valence-corrected chi connectivity index (χ4v) is 4.03. The first kappa shape index (κ1) is 12.6. The highest BCUT2D eigenvalue weighted by molar-refractivity contribution is 7.17. The maximum Gasteiger partial charge on any atom is 0.231 e. The number of aryl methyl sites for hydroxylation is 1. The van der Waals surface area contributed by atoms with Crippen molar-refractivity contribution in [1.29, 1.82) is 0 Å². The molecule has 3 heterocycles. The van der Waals surface area contributed by atoms with Crippen molar-refractivity contribution in [3.63, 3.8) is 0 Å². The van der Waals surface area contributed by atoms with Crippen LogP contribution < -0.4 is 4.90 Å². The highest BCUT2D eigenvalue weighted by Crippen LogP contribution is 2.36. The number of anilines is 1. The van der Waals surface area contributed by atoms with Crippen LogP contribution in [-0.2, 0) is 17.6 Å². The van der Waals surface area contributed by atoms with E-state index in [-0.39, 0.29) is 5.91 Å². The number of carbonyl (C=O) groups is 1. The first-order valence-corrected chi connectivity index (χ1v) is 7.85. The van der Waals surface area contributed by atoms with Crippen molar-refractivity contribution in [2.75, 3.05) is 11.9 Å². The summed E-state index contributed by atoms with van der Waals surface area (Å²) in [4.78, 5) is 20.3. The van der Waals surface area contributed by atoms with Gasteiger partial charge in [-0.1, -0.05) is 13.0 Å². The van der Waals surface area contributed by atoms with Crippen molar-refractivity contribution in [3.05, 3.63) is 41.0 Å². The number of hydrogen-bond acceptors (Lipinski definition) is 3. The van der Waals surface area contributed by atoms with Gasteiger partial charge in [0.05, 0.1) is 12.1 Å². The number of hydrogen-bond donors (Lipinski definition) is 0. The third-order valence-electron chi connectivity index (χ3n) is 4.08. The molecule has 106 valence electrons. The molecular formula is C16H15N3OS. The van der Waals surface area contributed by atoms with E-state index in [9.17, 15) is 4.79 Å². The Morgan fingerprint density at radius 3 is 3.05 bits per heavy atom. The lowest BCUT2D eigenvalue weighted by Crippen LogP contribution is -2.20. The first-order valence-electron chi connectivity index (χ1n) is 7.03. The summed E-state index contributed by atoms with van der Waals surface area (Å²) in [6.07, 6.45) is 5.32. The van der Waals surface area contributed by atoms with Gasteiger partial charge in [0.2, 0.25) is 5.91 Å². The molecule has 0 saturated heterocycles. The van der Waals surface area contributed by atoms with E-state index in [1.54, 1.807) is 16.2 Å². The van der Waals surface area contributed by atoms with E-state index in [0.717, 1.165) is 28.2 Å². The van der Waals surface area contributed by atoms with E-state index in [4.69, 9.17) is 0 Å². The third-order valence-corrected chi connectivity index (χ3v) is 5.29. The Bertz CT molecular complexity index is 862. The number of nitrogens with zero attached hydrogens (tertiary/aromatic N) is 3. The van der Waals surface area contributed by atoms with Crippen LogP contribution in [0.25, 0.3) is 16.2 Å². The van der Waals surface area contributed by atoms with Gasteiger partial charge < -0.3 is 4.90 Å². The molecule has 0 spiro atoms. The fourth-order valence-electron chi connectivity index (χ4n) is 2.99. The molecule has 0 aliphatic carbocycles. The molecule has 4 nitrogen and oxygen atoms in total. The standard InChI is InChI=1S/C16H15N3OS/c1-3-13-15(19-7-6-17-16(19)21-13)10-4-5-12-11(8-10)9-14(20)18(12)2/h4-8H,3,9H2,1-2H3. The van der Waals surface area contributed by atoms with Crippen LogP contribution in [0.4, 0.5) is 5.69 Å². The number of likely N-dealkylation sites (N-methyl/N-ethyl adjacent to an activating group) is 1. The van der Waals surface area contributed by atoms with Crippen LogP contribution in [0.5, 0.6) is 0 Å². The van der Waals surface area contributed by atoms with Crippen LogP contribution in [0.2, 0.25) is 0 Å². The van der Waals surface area contributed by atoms with Gasteiger partial charge in [-0.05, 0) is 24.1 Å². The quantitative estimate of drug-likeness (QED) is 0.729. The third kappa shape index (κ3) is 1.74. The normalized spacial score (nSPS) is 14.2. The Morgan fingerprint density at radius 1 is 1.38 bits per heavy atom. The van der Waals surface area contributed by atoms with Crippen molar-refractivity contribution in [2.24, 2.45) is 0 Å². The summed E-state index contributed by atoms with van der Waals surface area (Å²) >= 11 is 1.73. The maximum atomic E-state index is 11.8. The molecular weight excluding hydrogens is 282 g/mol. The number of thiazole rings is 1. The topological polar surface area (TPSA) is 37.6 Å². The number of rotatable bonds is 2. The number of carbonyl (C=O) groups excluding carboxylic acids is 1. The molecule has 1 aliphatic heterocycles. The van der Waals surface area contributed by atoms with Crippen molar-refractivity contribution in [3.8, 4) is 11.3 Å². The van der Waals surface area contributed by atoms with E-state index >= 15 is 0 Å². The second-order valence-corrected chi connectivity index (χ2v) is 6.34. The largest absolute Gasteiger partial charge is 0.315 e. The number of fused-ring (bicyclic) bond motifs is 2. The van der Waals surface area contributed by atoms with Gasteiger partial charge in [0.15, 0.2) is 4.96 Å². The van der Waals surface area contributed by atoms with Crippen molar-refractivity contribution in [1.82, 2.24) is 9.38 Å². The molecule has 2 aromatic heterocycles. The second-order valence-electron chi connectivity index (χ2n) is 5.28. The van der Waals surface area contributed by atoms with E-state index in [0.29, 0.717) is 6.42 Å². The Labute approximate surface area is 126 Å². The molecule has 1 aliphatic rings. The summed E-state index contributed by atoms with van der Waals surface area (Å²) in [7, 11) is 1.84. The van der Waals surface area contributed by atoms with E-state index < -0.39 is 0 Å². The molecule has 1 aromatic carbocycles. The van der Waals surface area contributed by atoms with Gasteiger partial charge >= 0.3 is 0 Å². The lowest BCUT2D eigenvalue weighted by Gasteiger charge is -2.11. The highest BCUT2D eigenvalue weighted by Gasteiger charge is 2.25. The molecule has 21 heavy (non-hydrogen) atoms. The average molecular weight is 297 g/mol. The molecule has 0 saturated carbocycles. The SMILES string of the molecule is CCc1sc2nccn2c1-c1ccc2c(c1)CC(=O)N2C. The van der Waals surface area contributed by atoms with E-state index in [1.165, 1.54) is 10.6 Å². The molecule has 5 heteroatoms. The Hall–Kier alpha value is -2.14. The van der Waals surface area contributed by atoms with Crippen LogP contribution >= 0.6 is 11.3 Å². The zero-order valence-corrected chi connectivity index (χ0v) is 12.8. The van der Waals surface area contributed by atoms with Crippen molar-refractivity contribution < 1.29 is 4.79 Å². The Balaban J connectivity index is 1.92. The zero-order valence-electron chi connectivity index (χ0n) is 12.0. The van der Waals surface area contributed by atoms with Gasteiger partial charge in [0.25, 0.3) is 0 Å². The Kier molecular flexibility index (Phi) is 2.65. The second kappa shape index (κ2) is 4.43. The van der Waals surface area contributed by atoms with Gasteiger partial charge in [0, 0.05) is 35.6 Å². The predicted molar refractivity (Wildman–Crippen MR) is 85.0 cm³/mol. The lowest BCUT2D eigenvalue weighted by atomic mass is 10.0. The van der Waals surface area contributed by atoms with Crippen LogP contribution in [-0.4, -0.2) is 22.3 Å². The van der Waals surface area contributed by atoms with E-state index in [1.807, 2.05) is 19.4 Å². The van der Waals surface area contributed by atoms with Gasteiger partial charge in [-0.15, -0.1) is 11.3 Å². The van der Waals surface area contributed by atoms with Crippen LogP contribution in [0.15, 0.2) is 30.6 Å². The molecule has 0 radical (unpaired) electrons. The Morgan fingerprint density at radius 2 is 2.24 bits per heavy atom. The molecule has 1 amide bonds. The first-order chi connectivity index (χ1) is 10.2. The number of aromatic nitrogens is 2. The smallest absolute Gasteiger partial charge is 0.231 e. The zero-order chi connectivity index (χ0) is 14.6. The van der Waals surface area contributed by atoms with Crippen LogP contribution in [0.3, 0.4) is 0 Å². The number of amides is 1. The van der Waals surface area contributed by atoms with Gasteiger partial charge in [0.1, 0.15) is 0 Å². The molecule has 4 rings (SSSR count). The summed E-state index contributed by atoms with van der Waals surface area (Å²) < 4.78 is 2.14. The summed E-state index contributed by atoms with van der Waals surface area (Å²) in [6, 6.07) is 6.31. The minimum atomic E-state index is 0.163. The lowest BCUT2D eigenvalue weighted by molar-refractivity contribution is -0.117. The number of imidazole rings is 1. The summed E-state index contributed by atoms with van der Waals surface area (Å²) in [5.41, 5.74) is 4.51. The van der Waals surface area contributed by atoms with E-state index in [2.05, 4.69) is 34.5 Å². The summed E-state index contributed by atoms with van der Waals surface area (Å²) in [5.74, 6) is 0.163. The molecule has 0 N–H and O–H groups in total. The minimum Gasteiger partial charge on any atom is -0.315 e. The average Bonchev–Trinajstić information content (AvgIpc) is 3.12.